The van der Waals surface area contributed by atoms with Gasteiger partial charge in [0.2, 0.25) is 0 Å². The Bertz CT molecular complexity index is 513. The van der Waals surface area contributed by atoms with Crippen molar-refractivity contribution in [1.29, 1.82) is 0 Å². The van der Waals surface area contributed by atoms with Crippen LogP contribution in [0.2, 0.25) is 0 Å². The largest absolute Gasteiger partial charge is 0.303 e. The maximum Gasteiger partial charge on any atom is 0.150 e. The van der Waals surface area contributed by atoms with E-state index in [0.717, 1.165) is 19.4 Å². The summed E-state index contributed by atoms with van der Waals surface area (Å²) < 4.78 is 23.1. The molecule has 0 unspecified atom stereocenters. The average Bonchev–Trinajstić information content (AvgIpc) is 2.47. The van der Waals surface area contributed by atoms with Crippen molar-refractivity contribution >= 4 is 9.84 Å². The predicted molar refractivity (Wildman–Crippen MR) is 88.4 cm³/mol. The van der Waals surface area contributed by atoms with Crippen molar-refractivity contribution < 1.29 is 8.42 Å². The van der Waals surface area contributed by atoms with E-state index in [0.29, 0.717) is 23.5 Å². The molecule has 1 heterocycles. The van der Waals surface area contributed by atoms with E-state index in [1.165, 1.54) is 18.4 Å². The number of sulfone groups is 1. The third-order valence-corrected chi connectivity index (χ3v) is 6.28. The number of hydrogen-bond acceptors (Lipinski definition) is 3. The molecule has 3 nitrogen and oxygen atoms in total. The third kappa shape index (κ3) is 4.82. The maximum absolute atomic E-state index is 11.5. The van der Waals surface area contributed by atoms with Gasteiger partial charge in [-0.1, -0.05) is 43.7 Å². The van der Waals surface area contributed by atoms with Gasteiger partial charge in [-0.25, -0.2) is 8.42 Å². The summed E-state index contributed by atoms with van der Waals surface area (Å²) >= 11 is 0. The van der Waals surface area contributed by atoms with Crippen LogP contribution in [-0.4, -0.2) is 44.5 Å². The van der Waals surface area contributed by atoms with Crippen molar-refractivity contribution in [2.24, 2.45) is 0 Å². The van der Waals surface area contributed by atoms with Gasteiger partial charge in [-0.05, 0) is 37.8 Å². The van der Waals surface area contributed by atoms with Gasteiger partial charge < -0.3 is 4.90 Å². The second-order valence-electron chi connectivity index (χ2n) is 6.22. The van der Waals surface area contributed by atoms with Gasteiger partial charge in [-0.3, -0.25) is 0 Å². The Morgan fingerprint density at radius 1 is 1.19 bits per heavy atom. The fourth-order valence-corrected chi connectivity index (χ4v) is 4.72. The Labute approximate surface area is 129 Å². The Balaban J connectivity index is 1.97. The predicted octanol–water partition coefficient (Wildman–Crippen LogP) is 3.08. The summed E-state index contributed by atoms with van der Waals surface area (Å²) in [7, 11) is -0.620. The summed E-state index contributed by atoms with van der Waals surface area (Å²) in [5.74, 6) is 1.25. The summed E-state index contributed by atoms with van der Waals surface area (Å²) in [6, 6.07) is 11.1. The van der Waals surface area contributed by atoms with Crippen LogP contribution in [0.25, 0.3) is 0 Å². The Morgan fingerprint density at radius 2 is 1.81 bits per heavy atom. The minimum Gasteiger partial charge on any atom is -0.303 e. The second kappa shape index (κ2) is 7.41. The Hall–Kier alpha value is -0.870. The van der Waals surface area contributed by atoms with Crippen LogP contribution >= 0.6 is 0 Å². The van der Waals surface area contributed by atoms with E-state index in [-0.39, 0.29) is 0 Å². The first-order chi connectivity index (χ1) is 10.0. The van der Waals surface area contributed by atoms with E-state index >= 15 is 0 Å². The SMILES string of the molecule is CCC[C@H](CN(C)C1CCS(=O)(=O)CC1)c1ccccc1. The van der Waals surface area contributed by atoms with Crippen LogP contribution in [0.4, 0.5) is 0 Å². The summed E-state index contributed by atoms with van der Waals surface area (Å²) in [5, 5.41) is 0. The number of hydrogen-bond donors (Lipinski definition) is 0. The van der Waals surface area contributed by atoms with Crippen LogP contribution in [0.1, 0.15) is 44.1 Å². The molecule has 0 N–H and O–H groups in total. The monoisotopic (exact) mass is 309 g/mol. The highest BCUT2D eigenvalue weighted by Crippen LogP contribution is 2.25. The summed E-state index contributed by atoms with van der Waals surface area (Å²) in [5.41, 5.74) is 1.40. The van der Waals surface area contributed by atoms with Gasteiger partial charge in [0.05, 0.1) is 11.5 Å². The summed E-state index contributed by atoms with van der Waals surface area (Å²) in [6.45, 7) is 3.24. The Morgan fingerprint density at radius 3 is 2.38 bits per heavy atom. The minimum absolute atomic E-state index is 0.353. The first-order valence-electron chi connectivity index (χ1n) is 7.97. The van der Waals surface area contributed by atoms with Crippen molar-refractivity contribution in [3.05, 3.63) is 35.9 Å². The second-order valence-corrected chi connectivity index (χ2v) is 8.52. The molecule has 2 rings (SSSR count). The molecule has 1 aliphatic heterocycles. The normalized spacial score (nSPS) is 20.5. The molecular formula is C17H27NO2S. The van der Waals surface area contributed by atoms with Crippen molar-refractivity contribution in [2.45, 2.75) is 44.6 Å². The number of rotatable bonds is 6. The smallest absolute Gasteiger partial charge is 0.150 e. The molecule has 0 spiro atoms. The third-order valence-electron chi connectivity index (χ3n) is 4.56. The molecule has 1 saturated heterocycles. The molecule has 1 aromatic rings. The van der Waals surface area contributed by atoms with Crippen LogP contribution in [-0.2, 0) is 9.84 Å². The van der Waals surface area contributed by atoms with E-state index in [9.17, 15) is 8.42 Å². The molecule has 118 valence electrons. The fourth-order valence-electron chi connectivity index (χ4n) is 3.25. The van der Waals surface area contributed by atoms with Crippen molar-refractivity contribution in [3.8, 4) is 0 Å². The van der Waals surface area contributed by atoms with Gasteiger partial charge >= 0.3 is 0 Å². The van der Waals surface area contributed by atoms with Gasteiger partial charge in [0.1, 0.15) is 9.84 Å². The molecule has 1 fully saturated rings. The maximum atomic E-state index is 11.5. The first-order valence-corrected chi connectivity index (χ1v) is 9.79. The van der Waals surface area contributed by atoms with Crippen molar-refractivity contribution in [3.63, 3.8) is 0 Å². The van der Waals surface area contributed by atoms with Crippen LogP contribution in [0, 0.1) is 0 Å². The molecular weight excluding hydrogens is 282 g/mol. The summed E-state index contributed by atoms with van der Waals surface area (Å²) in [6.07, 6.45) is 3.92. The molecule has 1 atom stereocenters. The molecule has 0 saturated carbocycles. The van der Waals surface area contributed by atoms with E-state index in [2.05, 4.69) is 49.2 Å². The Kier molecular flexibility index (Phi) is 5.82. The van der Waals surface area contributed by atoms with Gasteiger partial charge in [0.15, 0.2) is 0 Å². The summed E-state index contributed by atoms with van der Waals surface area (Å²) in [4.78, 5) is 2.38. The van der Waals surface area contributed by atoms with E-state index in [1.807, 2.05) is 0 Å². The molecule has 1 aromatic carbocycles. The van der Waals surface area contributed by atoms with Crippen LogP contribution in [0.5, 0.6) is 0 Å². The molecule has 0 bridgehead atoms. The lowest BCUT2D eigenvalue weighted by atomic mass is 9.93. The lowest BCUT2D eigenvalue weighted by molar-refractivity contribution is 0.210. The zero-order chi connectivity index (χ0) is 15.3. The molecule has 0 radical (unpaired) electrons. The van der Waals surface area contributed by atoms with E-state index in [4.69, 9.17) is 0 Å². The lowest BCUT2D eigenvalue weighted by Gasteiger charge is -2.33. The molecule has 0 aromatic heterocycles. The number of nitrogens with zero attached hydrogens (tertiary/aromatic N) is 1. The van der Waals surface area contributed by atoms with Crippen LogP contribution < -0.4 is 0 Å². The lowest BCUT2D eigenvalue weighted by Crippen LogP contribution is -2.40. The molecule has 0 amide bonds. The molecule has 1 aliphatic rings. The van der Waals surface area contributed by atoms with Gasteiger partial charge in [-0.2, -0.15) is 0 Å². The molecule has 0 aliphatic carbocycles. The first kappa shape index (κ1) is 16.5. The highest BCUT2D eigenvalue weighted by molar-refractivity contribution is 7.91. The van der Waals surface area contributed by atoms with Crippen LogP contribution in [0.3, 0.4) is 0 Å². The van der Waals surface area contributed by atoms with Gasteiger partial charge in [-0.15, -0.1) is 0 Å². The fraction of sp³-hybridized carbons (Fsp3) is 0.647. The minimum atomic E-state index is -2.77. The van der Waals surface area contributed by atoms with Crippen molar-refractivity contribution in [1.82, 2.24) is 4.90 Å². The topological polar surface area (TPSA) is 37.4 Å². The standard InChI is InChI=1S/C17H27NO2S/c1-3-7-16(15-8-5-4-6-9-15)14-18(2)17-10-12-21(19,20)13-11-17/h4-6,8-9,16-17H,3,7,10-14H2,1-2H3/t16-/m1/s1. The highest BCUT2D eigenvalue weighted by Gasteiger charge is 2.27. The quantitative estimate of drug-likeness (QED) is 0.810. The van der Waals surface area contributed by atoms with E-state index < -0.39 is 9.84 Å². The van der Waals surface area contributed by atoms with Crippen LogP contribution in [0.15, 0.2) is 30.3 Å². The highest BCUT2D eigenvalue weighted by atomic mass is 32.2. The van der Waals surface area contributed by atoms with Gasteiger partial charge in [0.25, 0.3) is 0 Å². The molecule has 4 heteroatoms. The number of benzene rings is 1. The average molecular weight is 309 g/mol. The van der Waals surface area contributed by atoms with E-state index in [1.54, 1.807) is 0 Å². The van der Waals surface area contributed by atoms with Gasteiger partial charge in [0, 0.05) is 12.6 Å². The van der Waals surface area contributed by atoms with Crippen molar-refractivity contribution in [2.75, 3.05) is 25.1 Å². The zero-order valence-corrected chi connectivity index (χ0v) is 14.0. The number of likely N-dealkylation sites (N-methyl/N-ethyl adjacent to an activating group) is 1. The zero-order valence-electron chi connectivity index (χ0n) is 13.2. The molecule has 21 heavy (non-hydrogen) atoms.